The zero-order chi connectivity index (χ0) is 12.2. The van der Waals surface area contributed by atoms with Gasteiger partial charge < -0.3 is 9.84 Å². The highest BCUT2D eigenvalue weighted by molar-refractivity contribution is 5.79. The number of hydrogen-bond acceptors (Lipinski definition) is 3. The van der Waals surface area contributed by atoms with Crippen molar-refractivity contribution in [2.24, 2.45) is 0 Å². The molecule has 0 aromatic heterocycles. The second kappa shape index (κ2) is 5.07. The molecule has 0 spiro atoms. The first-order valence-corrected chi connectivity index (χ1v) is 5.03. The minimum absolute atomic E-state index is 0.0539. The van der Waals surface area contributed by atoms with Crippen LogP contribution >= 0.6 is 0 Å². The molecule has 0 fully saturated rings. The summed E-state index contributed by atoms with van der Waals surface area (Å²) in [5.41, 5.74) is -0.692. The third-order valence-electron chi connectivity index (χ3n) is 2.08. The predicted octanol–water partition coefficient (Wildman–Crippen LogP) is 2.18. The molecule has 0 aliphatic carbocycles. The lowest BCUT2D eigenvalue weighted by atomic mass is 10.1. The molecule has 0 bridgehead atoms. The van der Waals surface area contributed by atoms with Crippen LogP contribution in [-0.4, -0.2) is 23.6 Å². The first-order chi connectivity index (χ1) is 7.44. The molecule has 0 saturated carbocycles. The molecule has 0 atom stereocenters. The van der Waals surface area contributed by atoms with Crippen LogP contribution in [0.25, 0.3) is 0 Å². The molecule has 16 heavy (non-hydrogen) atoms. The average molecular weight is 226 g/mol. The van der Waals surface area contributed by atoms with Gasteiger partial charge in [0.2, 0.25) is 0 Å². The fourth-order valence-electron chi connectivity index (χ4n) is 1.17. The highest BCUT2D eigenvalue weighted by Crippen LogP contribution is 2.21. The van der Waals surface area contributed by atoms with Gasteiger partial charge in [0.05, 0.1) is 17.8 Å². The lowest BCUT2D eigenvalue weighted by Gasteiger charge is -2.17. The Morgan fingerprint density at radius 2 is 2.19 bits per heavy atom. The number of rotatable bonds is 5. The number of para-hydroxylation sites is 1. The zero-order valence-electron chi connectivity index (χ0n) is 9.37. The van der Waals surface area contributed by atoms with Gasteiger partial charge >= 0.3 is 0 Å². The highest BCUT2D eigenvalue weighted by Gasteiger charge is 2.14. The number of aldehydes is 1. The Bertz CT molecular complexity index is 369. The van der Waals surface area contributed by atoms with E-state index in [9.17, 15) is 14.3 Å². The van der Waals surface area contributed by atoms with E-state index in [2.05, 4.69) is 0 Å². The van der Waals surface area contributed by atoms with Crippen LogP contribution in [-0.2, 0) is 0 Å². The summed E-state index contributed by atoms with van der Waals surface area (Å²) in [4.78, 5) is 10.6. The molecule has 0 amide bonds. The van der Waals surface area contributed by atoms with Gasteiger partial charge in [-0.05, 0) is 26.0 Å². The van der Waals surface area contributed by atoms with E-state index in [1.54, 1.807) is 13.8 Å². The quantitative estimate of drug-likeness (QED) is 0.783. The van der Waals surface area contributed by atoms with E-state index in [4.69, 9.17) is 4.74 Å². The monoisotopic (exact) mass is 226 g/mol. The summed E-state index contributed by atoms with van der Waals surface area (Å²) in [7, 11) is 0. The summed E-state index contributed by atoms with van der Waals surface area (Å²) in [6.07, 6.45) is 0.905. The van der Waals surface area contributed by atoms with Crippen molar-refractivity contribution in [3.63, 3.8) is 0 Å². The summed E-state index contributed by atoms with van der Waals surface area (Å²) in [5.74, 6) is -0.623. The van der Waals surface area contributed by atoms with E-state index < -0.39 is 11.4 Å². The molecular weight excluding hydrogens is 211 g/mol. The van der Waals surface area contributed by atoms with Crippen LogP contribution in [0.1, 0.15) is 30.6 Å². The van der Waals surface area contributed by atoms with Crippen LogP contribution in [0.4, 0.5) is 4.39 Å². The SMILES string of the molecule is CC(C)(O)CCOc1c(F)cccc1C=O. The smallest absolute Gasteiger partial charge is 0.165 e. The van der Waals surface area contributed by atoms with Crippen LogP contribution in [0.5, 0.6) is 5.75 Å². The van der Waals surface area contributed by atoms with Crippen molar-refractivity contribution in [2.75, 3.05) is 6.61 Å². The van der Waals surface area contributed by atoms with Crippen molar-refractivity contribution in [1.29, 1.82) is 0 Å². The summed E-state index contributed by atoms with van der Waals surface area (Å²) < 4.78 is 18.5. The summed E-state index contributed by atoms with van der Waals surface area (Å²) >= 11 is 0. The third-order valence-corrected chi connectivity index (χ3v) is 2.08. The standard InChI is InChI=1S/C12H15FO3/c1-12(2,15)6-7-16-11-9(8-14)4-3-5-10(11)13/h3-5,8,15H,6-7H2,1-2H3. The summed E-state index contributed by atoms with van der Waals surface area (Å²) in [6.45, 7) is 3.43. The normalized spacial score (nSPS) is 11.2. The highest BCUT2D eigenvalue weighted by atomic mass is 19.1. The molecule has 1 aromatic carbocycles. The average Bonchev–Trinajstić information content (AvgIpc) is 2.18. The second-order valence-corrected chi connectivity index (χ2v) is 4.19. The second-order valence-electron chi connectivity index (χ2n) is 4.19. The van der Waals surface area contributed by atoms with Gasteiger partial charge in [0, 0.05) is 6.42 Å². The largest absolute Gasteiger partial charge is 0.490 e. The van der Waals surface area contributed by atoms with E-state index in [0.29, 0.717) is 12.7 Å². The van der Waals surface area contributed by atoms with E-state index in [0.717, 1.165) is 0 Å². The lowest BCUT2D eigenvalue weighted by molar-refractivity contribution is 0.0546. The molecule has 1 aromatic rings. The van der Waals surface area contributed by atoms with Gasteiger partial charge in [-0.3, -0.25) is 4.79 Å². The third kappa shape index (κ3) is 3.62. The van der Waals surface area contributed by atoms with Gasteiger partial charge in [0.25, 0.3) is 0 Å². The van der Waals surface area contributed by atoms with E-state index in [-0.39, 0.29) is 17.9 Å². The van der Waals surface area contributed by atoms with Gasteiger partial charge in [-0.1, -0.05) is 6.07 Å². The molecule has 0 radical (unpaired) electrons. The van der Waals surface area contributed by atoms with Gasteiger partial charge in [-0.15, -0.1) is 0 Å². The summed E-state index contributed by atoms with van der Waals surface area (Å²) in [6, 6.07) is 4.16. The molecule has 1 rings (SSSR count). The van der Waals surface area contributed by atoms with Crippen molar-refractivity contribution in [2.45, 2.75) is 25.9 Å². The van der Waals surface area contributed by atoms with Crippen molar-refractivity contribution in [3.8, 4) is 5.75 Å². The Morgan fingerprint density at radius 1 is 1.50 bits per heavy atom. The number of halogens is 1. The fourth-order valence-corrected chi connectivity index (χ4v) is 1.17. The number of benzene rings is 1. The van der Waals surface area contributed by atoms with E-state index in [1.165, 1.54) is 18.2 Å². The molecule has 0 aliphatic rings. The first-order valence-electron chi connectivity index (χ1n) is 5.03. The Kier molecular flexibility index (Phi) is 4.01. The van der Waals surface area contributed by atoms with Gasteiger partial charge in [0.1, 0.15) is 0 Å². The van der Waals surface area contributed by atoms with E-state index >= 15 is 0 Å². The minimum atomic E-state index is -0.868. The molecule has 4 heteroatoms. The van der Waals surface area contributed by atoms with Crippen LogP contribution in [0.15, 0.2) is 18.2 Å². The Labute approximate surface area is 93.9 Å². The van der Waals surface area contributed by atoms with Crippen molar-refractivity contribution in [1.82, 2.24) is 0 Å². The zero-order valence-corrected chi connectivity index (χ0v) is 9.37. The first kappa shape index (κ1) is 12.6. The topological polar surface area (TPSA) is 46.5 Å². The Morgan fingerprint density at radius 3 is 2.75 bits per heavy atom. The Balaban J connectivity index is 2.70. The molecule has 0 saturated heterocycles. The van der Waals surface area contributed by atoms with Gasteiger partial charge in [0.15, 0.2) is 17.9 Å². The molecular formula is C12H15FO3. The number of carbonyl (C=O) groups is 1. The van der Waals surface area contributed by atoms with Crippen LogP contribution < -0.4 is 4.74 Å². The predicted molar refractivity (Wildman–Crippen MR) is 58.2 cm³/mol. The number of carbonyl (C=O) groups excluding carboxylic acids is 1. The van der Waals surface area contributed by atoms with Gasteiger partial charge in [-0.2, -0.15) is 0 Å². The summed E-state index contributed by atoms with van der Waals surface area (Å²) in [5, 5.41) is 9.45. The molecule has 1 N–H and O–H groups in total. The fraction of sp³-hybridized carbons (Fsp3) is 0.417. The number of ether oxygens (including phenoxy) is 1. The minimum Gasteiger partial charge on any atom is -0.490 e. The maximum absolute atomic E-state index is 13.3. The van der Waals surface area contributed by atoms with Gasteiger partial charge in [-0.25, -0.2) is 4.39 Å². The molecule has 3 nitrogen and oxygen atoms in total. The molecule has 0 unspecified atom stereocenters. The maximum Gasteiger partial charge on any atom is 0.165 e. The molecule has 0 heterocycles. The number of aliphatic hydroxyl groups is 1. The maximum atomic E-state index is 13.3. The van der Waals surface area contributed by atoms with Crippen molar-refractivity contribution < 1.29 is 19.0 Å². The Hall–Kier alpha value is -1.42. The van der Waals surface area contributed by atoms with Crippen molar-refractivity contribution in [3.05, 3.63) is 29.6 Å². The molecule has 88 valence electrons. The van der Waals surface area contributed by atoms with Crippen LogP contribution in [0, 0.1) is 5.82 Å². The van der Waals surface area contributed by atoms with E-state index in [1.807, 2.05) is 0 Å². The number of hydrogen-bond donors (Lipinski definition) is 1. The lowest BCUT2D eigenvalue weighted by Crippen LogP contribution is -2.22. The van der Waals surface area contributed by atoms with Crippen molar-refractivity contribution >= 4 is 6.29 Å². The van der Waals surface area contributed by atoms with Crippen LogP contribution in [0.2, 0.25) is 0 Å². The van der Waals surface area contributed by atoms with Crippen LogP contribution in [0.3, 0.4) is 0 Å². The molecule has 0 aliphatic heterocycles.